The minimum atomic E-state index is -1.17. The highest BCUT2D eigenvalue weighted by Gasteiger charge is 2.48. The second kappa shape index (κ2) is 7.68. The van der Waals surface area contributed by atoms with Crippen molar-refractivity contribution in [3.63, 3.8) is 0 Å². The van der Waals surface area contributed by atoms with Crippen LogP contribution in [0.3, 0.4) is 0 Å². The molecule has 0 radical (unpaired) electrons. The number of hydrogen-bond donors (Lipinski definition) is 2. The van der Waals surface area contributed by atoms with Crippen LogP contribution in [0.4, 0.5) is 4.79 Å². The number of ether oxygens (including phenoxy) is 1. The van der Waals surface area contributed by atoms with E-state index in [1.165, 1.54) is 0 Å². The van der Waals surface area contributed by atoms with Crippen molar-refractivity contribution in [3.05, 3.63) is 35.9 Å². The molecule has 0 saturated heterocycles. The van der Waals surface area contributed by atoms with Crippen LogP contribution in [0.1, 0.15) is 37.7 Å². The Morgan fingerprint density at radius 1 is 1.08 bits per heavy atom. The molecular formula is C19H23NO5. The Morgan fingerprint density at radius 3 is 2.20 bits per heavy atom. The molecule has 1 aromatic rings. The highest BCUT2D eigenvalue weighted by Crippen LogP contribution is 2.51. The van der Waals surface area contributed by atoms with Crippen molar-refractivity contribution in [2.75, 3.05) is 0 Å². The van der Waals surface area contributed by atoms with Crippen molar-refractivity contribution in [2.45, 2.75) is 44.8 Å². The normalized spacial score (nSPS) is 17.8. The van der Waals surface area contributed by atoms with Crippen LogP contribution in [-0.4, -0.2) is 29.0 Å². The predicted octanol–water partition coefficient (Wildman–Crippen LogP) is 2.76. The zero-order valence-corrected chi connectivity index (χ0v) is 14.0. The molecule has 2 N–H and O–H groups in total. The van der Waals surface area contributed by atoms with Crippen molar-refractivity contribution in [1.82, 2.24) is 5.32 Å². The molecular weight excluding hydrogens is 322 g/mol. The Bertz CT molecular complexity index is 624. The summed E-state index contributed by atoms with van der Waals surface area (Å²) in [7, 11) is 0. The number of Topliss-reactive ketones (excluding diaryl/α,β-unsaturated/α-hetero) is 1. The molecule has 6 nitrogen and oxygen atoms in total. The molecule has 0 aliphatic heterocycles. The fraction of sp³-hybridized carbons (Fsp3) is 0.526. The maximum atomic E-state index is 12.4. The molecule has 1 unspecified atom stereocenters. The van der Waals surface area contributed by atoms with Gasteiger partial charge in [0.2, 0.25) is 0 Å². The summed E-state index contributed by atoms with van der Waals surface area (Å²) in [6, 6.07) is 8.51. The Kier molecular flexibility index (Phi) is 5.36. The van der Waals surface area contributed by atoms with Gasteiger partial charge in [0.25, 0.3) is 0 Å². The molecule has 1 aromatic carbocycles. The number of carboxylic acid groups (broad SMARTS) is 1. The van der Waals surface area contributed by atoms with E-state index in [1.807, 2.05) is 30.3 Å². The van der Waals surface area contributed by atoms with Crippen LogP contribution >= 0.6 is 0 Å². The largest absolute Gasteiger partial charge is 0.481 e. The molecule has 0 heterocycles. The molecule has 6 heteroatoms. The molecule has 1 amide bonds. The number of carbonyl (C=O) groups is 3. The zero-order valence-electron chi connectivity index (χ0n) is 14.0. The van der Waals surface area contributed by atoms with E-state index in [2.05, 4.69) is 5.32 Å². The van der Waals surface area contributed by atoms with Crippen molar-refractivity contribution < 1.29 is 24.2 Å². The van der Waals surface area contributed by atoms with Gasteiger partial charge in [-0.2, -0.15) is 0 Å². The number of nitrogens with one attached hydrogen (secondary N) is 1. The molecule has 2 aliphatic carbocycles. The summed E-state index contributed by atoms with van der Waals surface area (Å²) >= 11 is 0. The average molecular weight is 345 g/mol. The van der Waals surface area contributed by atoms with Gasteiger partial charge in [0.05, 0.1) is 6.04 Å². The standard InChI is InChI=1S/C19H23NO5/c21-15(10-16(22)23)18(17(13-6-7-13)14-8-9-14)20-19(24)25-11-12-4-2-1-3-5-12/h1-5,13-14,17-18H,6-11H2,(H,20,24)(H,22,23). The summed E-state index contributed by atoms with van der Waals surface area (Å²) in [5.41, 5.74) is 0.854. The summed E-state index contributed by atoms with van der Waals surface area (Å²) in [6.45, 7) is 0.115. The van der Waals surface area contributed by atoms with Crippen molar-refractivity contribution >= 4 is 17.8 Å². The van der Waals surface area contributed by atoms with E-state index in [9.17, 15) is 14.4 Å². The molecule has 0 spiro atoms. The lowest BCUT2D eigenvalue weighted by Crippen LogP contribution is -2.48. The Balaban J connectivity index is 1.62. The highest BCUT2D eigenvalue weighted by molar-refractivity contribution is 5.99. The second-order valence-electron chi connectivity index (χ2n) is 6.97. The Hall–Kier alpha value is -2.37. The van der Waals surface area contributed by atoms with Gasteiger partial charge in [0, 0.05) is 0 Å². The third-order valence-corrected chi connectivity index (χ3v) is 4.88. The first-order valence-electron chi connectivity index (χ1n) is 8.76. The van der Waals surface area contributed by atoms with E-state index in [0.29, 0.717) is 11.8 Å². The number of carbonyl (C=O) groups excluding carboxylic acids is 2. The van der Waals surface area contributed by atoms with Gasteiger partial charge in [-0.25, -0.2) is 4.79 Å². The van der Waals surface area contributed by atoms with Crippen molar-refractivity contribution in [2.24, 2.45) is 17.8 Å². The number of amides is 1. The third-order valence-electron chi connectivity index (χ3n) is 4.88. The van der Waals surface area contributed by atoms with Gasteiger partial charge in [0.15, 0.2) is 5.78 Å². The summed E-state index contributed by atoms with van der Waals surface area (Å²) in [5.74, 6) is -0.752. The van der Waals surface area contributed by atoms with Crippen LogP contribution in [0.2, 0.25) is 0 Å². The first kappa shape index (κ1) is 17.5. The van der Waals surface area contributed by atoms with Gasteiger partial charge in [-0.05, 0) is 49.0 Å². The monoisotopic (exact) mass is 345 g/mol. The average Bonchev–Trinajstić information content (AvgIpc) is 3.46. The van der Waals surface area contributed by atoms with Crippen molar-refractivity contribution in [1.29, 1.82) is 0 Å². The topological polar surface area (TPSA) is 92.7 Å². The van der Waals surface area contributed by atoms with Crippen LogP contribution in [0, 0.1) is 17.8 Å². The highest BCUT2D eigenvalue weighted by atomic mass is 16.5. The van der Waals surface area contributed by atoms with Crippen LogP contribution in [0.5, 0.6) is 0 Å². The van der Waals surface area contributed by atoms with Gasteiger partial charge in [0.1, 0.15) is 13.0 Å². The minimum absolute atomic E-state index is 0.0381. The first-order valence-corrected chi connectivity index (χ1v) is 8.76. The molecule has 3 rings (SSSR count). The Labute approximate surface area is 146 Å². The summed E-state index contributed by atoms with van der Waals surface area (Å²) in [6.07, 6.45) is 2.92. The third kappa shape index (κ3) is 5.05. The fourth-order valence-corrected chi connectivity index (χ4v) is 3.43. The van der Waals surface area contributed by atoms with E-state index in [-0.39, 0.29) is 12.5 Å². The number of alkyl carbamates (subject to hydrolysis) is 1. The number of benzene rings is 1. The molecule has 2 fully saturated rings. The molecule has 25 heavy (non-hydrogen) atoms. The summed E-state index contributed by atoms with van der Waals surface area (Å²) in [5, 5.41) is 11.6. The van der Waals surface area contributed by atoms with Crippen LogP contribution in [-0.2, 0) is 20.9 Å². The summed E-state index contributed by atoms with van der Waals surface area (Å²) < 4.78 is 5.21. The van der Waals surface area contributed by atoms with E-state index in [0.717, 1.165) is 31.2 Å². The van der Waals surface area contributed by atoms with E-state index in [1.54, 1.807) is 0 Å². The molecule has 134 valence electrons. The second-order valence-corrected chi connectivity index (χ2v) is 6.97. The summed E-state index contributed by atoms with van der Waals surface area (Å²) in [4.78, 5) is 35.5. The Morgan fingerprint density at radius 2 is 1.68 bits per heavy atom. The fourth-order valence-electron chi connectivity index (χ4n) is 3.43. The number of hydrogen-bond acceptors (Lipinski definition) is 4. The molecule has 0 bridgehead atoms. The van der Waals surface area contributed by atoms with E-state index in [4.69, 9.17) is 9.84 Å². The van der Waals surface area contributed by atoms with Crippen molar-refractivity contribution in [3.8, 4) is 0 Å². The number of carboxylic acids is 1. The zero-order chi connectivity index (χ0) is 17.8. The molecule has 2 saturated carbocycles. The molecule has 0 aromatic heterocycles. The molecule has 2 aliphatic rings. The van der Waals surface area contributed by atoms with Crippen LogP contribution in [0.15, 0.2) is 30.3 Å². The number of ketones is 1. The van der Waals surface area contributed by atoms with Crippen LogP contribution < -0.4 is 5.32 Å². The SMILES string of the molecule is O=C(O)CC(=O)C(NC(=O)OCc1ccccc1)C(C1CC1)C1CC1. The van der Waals surface area contributed by atoms with Gasteiger partial charge >= 0.3 is 12.1 Å². The van der Waals surface area contributed by atoms with Gasteiger partial charge < -0.3 is 15.2 Å². The quantitative estimate of drug-likeness (QED) is 0.671. The minimum Gasteiger partial charge on any atom is -0.481 e. The van der Waals surface area contributed by atoms with E-state index < -0.39 is 30.3 Å². The van der Waals surface area contributed by atoms with Crippen LogP contribution in [0.25, 0.3) is 0 Å². The smallest absolute Gasteiger partial charge is 0.408 e. The maximum absolute atomic E-state index is 12.4. The maximum Gasteiger partial charge on any atom is 0.408 e. The molecule has 1 atom stereocenters. The van der Waals surface area contributed by atoms with Gasteiger partial charge in [-0.3, -0.25) is 9.59 Å². The van der Waals surface area contributed by atoms with Gasteiger partial charge in [-0.1, -0.05) is 30.3 Å². The number of rotatable bonds is 9. The van der Waals surface area contributed by atoms with Gasteiger partial charge in [-0.15, -0.1) is 0 Å². The lowest BCUT2D eigenvalue weighted by molar-refractivity contribution is -0.141. The lowest BCUT2D eigenvalue weighted by Gasteiger charge is -2.26. The number of aliphatic carboxylic acids is 1. The predicted molar refractivity (Wildman–Crippen MR) is 89.7 cm³/mol. The van der Waals surface area contributed by atoms with E-state index >= 15 is 0 Å². The first-order chi connectivity index (χ1) is 12.0. The lowest BCUT2D eigenvalue weighted by atomic mass is 9.86.